The molecule has 0 radical (unpaired) electrons. The second kappa shape index (κ2) is 5.24. The van der Waals surface area contributed by atoms with Crippen LogP contribution in [0.1, 0.15) is 35.4 Å². The van der Waals surface area contributed by atoms with E-state index >= 15 is 0 Å². The van der Waals surface area contributed by atoms with Crippen molar-refractivity contribution in [3.8, 4) is 0 Å². The molecule has 1 fully saturated rings. The van der Waals surface area contributed by atoms with Crippen LogP contribution in [0.3, 0.4) is 0 Å². The second-order valence-electron chi connectivity index (χ2n) is 5.45. The second-order valence-corrected chi connectivity index (χ2v) is 5.45. The van der Waals surface area contributed by atoms with E-state index in [-0.39, 0.29) is 11.7 Å². The van der Waals surface area contributed by atoms with Gasteiger partial charge in [0.15, 0.2) is 5.76 Å². The molecule has 1 saturated heterocycles. The zero-order valence-corrected chi connectivity index (χ0v) is 11.8. The van der Waals surface area contributed by atoms with Gasteiger partial charge in [-0.1, -0.05) is 18.2 Å². The fraction of sp³-hybridized carbons (Fsp3) is 0.375. The number of hydrogen-bond donors (Lipinski definition) is 1. The number of carboxylic acids is 1. The Kier molecular flexibility index (Phi) is 3.41. The lowest BCUT2D eigenvalue weighted by atomic mass is 10.0. The number of carboxylic acid groups (broad SMARTS) is 1. The van der Waals surface area contributed by atoms with Crippen molar-refractivity contribution in [1.82, 2.24) is 4.90 Å². The van der Waals surface area contributed by atoms with Crippen LogP contribution in [-0.2, 0) is 4.79 Å². The summed E-state index contributed by atoms with van der Waals surface area (Å²) in [5.41, 5.74) is 1.64. The van der Waals surface area contributed by atoms with Crippen LogP contribution in [0.15, 0.2) is 28.7 Å². The first-order chi connectivity index (χ1) is 10.1. The molecular formula is C16H17NO4. The van der Waals surface area contributed by atoms with Gasteiger partial charge in [0.2, 0.25) is 0 Å². The zero-order valence-electron chi connectivity index (χ0n) is 11.8. The van der Waals surface area contributed by atoms with Crippen molar-refractivity contribution in [2.75, 3.05) is 6.54 Å². The quantitative estimate of drug-likeness (QED) is 0.922. The fourth-order valence-corrected chi connectivity index (χ4v) is 2.89. The SMILES string of the molecule is Cc1cccc2cc(C(=O)N3CCCCC3C(=O)O)oc12. The number of amides is 1. The third-order valence-electron chi connectivity index (χ3n) is 4.00. The number of nitrogens with zero attached hydrogens (tertiary/aromatic N) is 1. The number of likely N-dealkylation sites (tertiary alicyclic amines) is 1. The maximum Gasteiger partial charge on any atom is 0.326 e. The lowest BCUT2D eigenvalue weighted by Crippen LogP contribution is -2.47. The van der Waals surface area contributed by atoms with Crippen LogP contribution < -0.4 is 0 Å². The molecule has 0 aliphatic carbocycles. The lowest BCUT2D eigenvalue weighted by Gasteiger charge is -2.32. The van der Waals surface area contributed by atoms with E-state index in [4.69, 9.17) is 4.42 Å². The van der Waals surface area contributed by atoms with E-state index in [9.17, 15) is 14.7 Å². The molecule has 1 atom stereocenters. The van der Waals surface area contributed by atoms with Crippen molar-refractivity contribution in [2.24, 2.45) is 0 Å². The van der Waals surface area contributed by atoms with Crippen molar-refractivity contribution >= 4 is 22.8 Å². The summed E-state index contributed by atoms with van der Waals surface area (Å²) < 4.78 is 5.66. The van der Waals surface area contributed by atoms with Crippen LogP contribution in [0, 0.1) is 6.92 Å². The average molecular weight is 287 g/mol. The number of rotatable bonds is 2. The van der Waals surface area contributed by atoms with Crippen LogP contribution >= 0.6 is 0 Å². The minimum absolute atomic E-state index is 0.215. The Balaban J connectivity index is 1.95. The number of hydrogen-bond acceptors (Lipinski definition) is 3. The first-order valence-corrected chi connectivity index (χ1v) is 7.11. The van der Waals surface area contributed by atoms with E-state index in [0.29, 0.717) is 18.5 Å². The Hall–Kier alpha value is -2.30. The van der Waals surface area contributed by atoms with E-state index in [1.165, 1.54) is 4.90 Å². The fourth-order valence-electron chi connectivity index (χ4n) is 2.89. The van der Waals surface area contributed by atoms with Crippen molar-refractivity contribution in [3.63, 3.8) is 0 Å². The number of carbonyl (C=O) groups is 2. The van der Waals surface area contributed by atoms with Gasteiger partial charge >= 0.3 is 5.97 Å². The molecule has 1 unspecified atom stereocenters. The van der Waals surface area contributed by atoms with E-state index in [1.807, 2.05) is 25.1 Å². The summed E-state index contributed by atoms with van der Waals surface area (Å²) in [6.45, 7) is 2.38. The molecule has 1 aliphatic rings. The Morgan fingerprint density at radius 2 is 2.14 bits per heavy atom. The number of aliphatic carboxylic acids is 1. The normalized spacial score (nSPS) is 18.9. The molecule has 0 spiro atoms. The molecule has 1 aromatic heterocycles. The van der Waals surface area contributed by atoms with Gasteiger partial charge in [-0.2, -0.15) is 0 Å². The Bertz CT molecular complexity index is 703. The number of benzene rings is 1. The predicted molar refractivity (Wildman–Crippen MR) is 77.3 cm³/mol. The zero-order chi connectivity index (χ0) is 15.0. The molecule has 110 valence electrons. The van der Waals surface area contributed by atoms with Crippen LogP contribution in [0.2, 0.25) is 0 Å². The smallest absolute Gasteiger partial charge is 0.326 e. The molecule has 0 bridgehead atoms. The summed E-state index contributed by atoms with van der Waals surface area (Å²) in [6, 6.07) is 6.65. The molecule has 5 nitrogen and oxygen atoms in total. The number of piperidine rings is 1. The highest BCUT2D eigenvalue weighted by molar-refractivity contribution is 5.98. The summed E-state index contributed by atoms with van der Waals surface area (Å²) in [4.78, 5) is 25.3. The average Bonchev–Trinajstić information content (AvgIpc) is 2.92. The number of fused-ring (bicyclic) bond motifs is 1. The topological polar surface area (TPSA) is 70.8 Å². The Labute approximate surface area is 122 Å². The van der Waals surface area contributed by atoms with Crippen molar-refractivity contribution < 1.29 is 19.1 Å². The van der Waals surface area contributed by atoms with Crippen molar-refractivity contribution in [1.29, 1.82) is 0 Å². The summed E-state index contributed by atoms with van der Waals surface area (Å²) in [5, 5.41) is 10.1. The summed E-state index contributed by atoms with van der Waals surface area (Å²) in [5.74, 6) is -1.07. The number of carbonyl (C=O) groups excluding carboxylic acids is 1. The number of furan rings is 1. The van der Waals surface area contributed by atoms with Gasteiger partial charge in [-0.15, -0.1) is 0 Å². The van der Waals surface area contributed by atoms with Crippen LogP contribution in [0.4, 0.5) is 0 Å². The van der Waals surface area contributed by atoms with Gasteiger partial charge < -0.3 is 14.4 Å². The highest BCUT2D eigenvalue weighted by Crippen LogP contribution is 2.26. The highest BCUT2D eigenvalue weighted by Gasteiger charge is 2.33. The summed E-state index contributed by atoms with van der Waals surface area (Å²) in [7, 11) is 0. The Morgan fingerprint density at radius 1 is 1.33 bits per heavy atom. The molecule has 3 rings (SSSR count). The van der Waals surface area contributed by atoms with Gasteiger partial charge in [0, 0.05) is 11.9 Å². The van der Waals surface area contributed by atoms with E-state index in [1.54, 1.807) is 6.07 Å². The molecule has 21 heavy (non-hydrogen) atoms. The molecule has 2 heterocycles. The van der Waals surface area contributed by atoms with Gasteiger partial charge in [-0.05, 0) is 37.8 Å². The first kappa shape index (κ1) is 13.7. The van der Waals surface area contributed by atoms with E-state index in [2.05, 4.69) is 0 Å². The standard InChI is InChI=1S/C16H17NO4/c1-10-5-4-6-11-9-13(21-14(10)11)15(18)17-8-3-2-7-12(17)16(19)20/h4-6,9,12H,2-3,7-8H2,1H3,(H,19,20). The largest absolute Gasteiger partial charge is 0.480 e. The third-order valence-corrected chi connectivity index (χ3v) is 4.00. The van der Waals surface area contributed by atoms with Gasteiger partial charge in [-0.25, -0.2) is 4.79 Å². The molecule has 2 aromatic rings. The van der Waals surface area contributed by atoms with Crippen molar-refractivity contribution in [2.45, 2.75) is 32.2 Å². The predicted octanol–water partition coefficient (Wildman–Crippen LogP) is 2.82. The minimum Gasteiger partial charge on any atom is -0.480 e. The number of aryl methyl sites for hydroxylation is 1. The maximum atomic E-state index is 12.6. The lowest BCUT2D eigenvalue weighted by molar-refractivity contribution is -0.143. The molecular weight excluding hydrogens is 270 g/mol. The highest BCUT2D eigenvalue weighted by atomic mass is 16.4. The Morgan fingerprint density at radius 3 is 2.86 bits per heavy atom. The molecule has 1 N–H and O–H groups in total. The van der Waals surface area contributed by atoms with Crippen LogP contribution in [0.25, 0.3) is 11.0 Å². The maximum absolute atomic E-state index is 12.6. The van der Waals surface area contributed by atoms with Gasteiger partial charge in [0.05, 0.1) is 0 Å². The van der Waals surface area contributed by atoms with Crippen LogP contribution in [0.5, 0.6) is 0 Å². The molecule has 5 heteroatoms. The van der Waals surface area contributed by atoms with Crippen LogP contribution in [-0.4, -0.2) is 34.5 Å². The van der Waals surface area contributed by atoms with Gasteiger partial charge in [-0.3, -0.25) is 4.79 Å². The van der Waals surface area contributed by atoms with Gasteiger partial charge in [0.25, 0.3) is 5.91 Å². The number of para-hydroxylation sites is 1. The monoisotopic (exact) mass is 287 g/mol. The van der Waals surface area contributed by atoms with E-state index < -0.39 is 12.0 Å². The van der Waals surface area contributed by atoms with Gasteiger partial charge in [0.1, 0.15) is 11.6 Å². The first-order valence-electron chi connectivity index (χ1n) is 7.11. The minimum atomic E-state index is -0.949. The molecule has 1 amide bonds. The van der Waals surface area contributed by atoms with E-state index in [0.717, 1.165) is 23.8 Å². The molecule has 1 aromatic carbocycles. The third kappa shape index (κ3) is 2.39. The van der Waals surface area contributed by atoms with Crippen molar-refractivity contribution in [3.05, 3.63) is 35.6 Å². The molecule has 1 aliphatic heterocycles. The molecule has 0 saturated carbocycles. The summed E-state index contributed by atoms with van der Waals surface area (Å²) in [6.07, 6.45) is 2.16. The summed E-state index contributed by atoms with van der Waals surface area (Å²) >= 11 is 0.